The molecular formula is C27H24Cl2F3N3O2. The second kappa shape index (κ2) is 8.60. The van der Waals surface area contributed by atoms with Crippen molar-refractivity contribution >= 4 is 34.8 Å². The lowest BCUT2D eigenvalue weighted by atomic mass is 9.78. The first-order valence-electron chi connectivity index (χ1n) is 12.5. The maximum absolute atomic E-state index is 14.3. The van der Waals surface area contributed by atoms with Crippen molar-refractivity contribution in [1.82, 2.24) is 4.90 Å². The predicted molar refractivity (Wildman–Crippen MR) is 132 cm³/mol. The normalized spacial score (nSPS) is 27.3. The summed E-state index contributed by atoms with van der Waals surface area (Å²) in [5.41, 5.74) is -5.02. The van der Waals surface area contributed by atoms with Gasteiger partial charge in [0.1, 0.15) is 0 Å². The Bertz CT molecular complexity index is 1320. The van der Waals surface area contributed by atoms with E-state index in [9.17, 15) is 28.3 Å². The van der Waals surface area contributed by atoms with Crippen LogP contribution in [0.4, 0.5) is 18.9 Å². The van der Waals surface area contributed by atoms with Gasteiger partial charge in [0.25, 0.3) is 5.91 Å². The minimum Gasteiger partial charge on any atom is -0.372 e. The number of hydrogen-bond acceptors (Lipinski definition) is 4. The summed E-state index contributed by atoms with van der Waals surface area (Å²) in [5.74, 6) is -0.832. The molecule has 5 nitrogen and oxygen atoms in total. The summed E-state index contributed by atoms with van der Waals surface area (Å²) < 4.78 is 42.8. The fraction of sp³-hybridized carbons (Fsp3) is 0.481. The third-order valence-electron chi connectivity index (χ3n) is 8.09. The molecule has 194 valence electrons. The molecule has 37 heavy (non-hydrogen) atoms. The number of carbonyl (C=O) groups is 1. The van der Waals surface area contributed by atoms with Gasteiger partial charge in [-0.3, -0.25) is 9.69 Å². The molecule has 4 aliphatic rings. The van der Waals surface area contributed by atoms with Crippen LogP contribution in [-0.2, 0) is 16.6 Å². The zero-order chi connectivity index (χ0) is 26.3. The number of benzene rings is 2. The summed E-state index contributed by atoms with van der Waals surface area (Å²) >= 11 is 12.3. The van der Waals surface area contributed by atoms with Gasteiger partial charge in [0.15, 0.2) is 5.60 Å². The van der Waals surface area contributed by atoms with Crippen molar-refractivity contribution in [3.63, 3.8) is 0 Å². The van der Waals surface area contributed by atoms with E-state index in [2.05, 4.69) is 4.90 Å². The van der Waals surface area contributed by atoms with E-state index in [4.69, 9.17) is 23.2 Å². The number of carbonyl (C=O) groups excluding carboxylic acids is 1. The Morgan fingerprint density at radius 3 is 2.27 bits per heavy atom. The van der Waals surface area contributed by atoms with Crippen LogP contribution in [0.2, 0.25) is 10.0 Å². The van der Waals surface area contributed by atoms with Crippen LogP contribution < -0.4 is 4.90 Å². The van der Waals surface area contributed by atoms with Crippen LogP contribution >= 0.6 is 23.2 Å². The fourth-order valence-corrected chi connectivity index (χ4v) is 6.67. The molecular weight excluding hydrogens is 526 g/mol. The van der Waals surface area contributed by atoms with E-state index in [-0.39, 0.29) is 39.3 Å². The number of nitriles is 1. The maximum atomic E-state index is 14.3. The molecule has 0 spiro atoms. The topological polar surface area (TPSA) is 67.6 Å². The lowest BCUT2D eigenvalue weighted by Crippen LogP contribution is -2.51. The molecule has 2 aromatic carbocycles. The minimum atomic E-state index is -4.92. The molecule has 0 saturated heterocycles. The van der Waals surface area contributed by atoms with Gasteiger partial charge in [0.05, 0.1) is 22.9 Å². The van der Waals surface area contributed by atoms with E-state index in [1.807, 2.05) is 0 Å². The Hall–Kier alpha value is -2.31. The first-order chi connectivity index (χ1) is 17.5. The number of amides is 1. The van der Waals surface area contributed by atoms with Gasteiger partial charge >= 0.3 is 6.18 Å². The van der Waals surface area contributed by atoms with Gasteiger partial charge in [-0.15, -0.1) is 0 Å². The summed E-state index contributed by atoms with van der Waals surface area (Å²) in [6, 6.07) is 9.30. The number of anilines is 1. The highest BCUT2D eigenvalue weighted by Gasteiger charge is 2.57. The molecule has 0 radical (unpaired) electrons. The van der Waals surface area contributed by atoms with Crippen LogP contribution in [0.25, 0.3) is 0 Å². The Morgan fingerprint density at radius 1 is 1.08 bits per heavy atom. The number of alkyl halides is 3. The van der Waals surface area contributed by atoms with Gasteiger partial charge in [-0.25, -0.2) is 0 Å². The molecule has 1 aliphatic heterocycles. The van der Waals surface area contributed by atoms with E-state index >= 15 is 0 Å². The Labute approximate surface area is 222 Å². The van der Waals surface area contributed by atoms with Crippen molar-refractivity contribution in [2.75, 3.05) is 11.4 Å². The van der Waals surface area contributed by atoms with Crippen molar-refractivity contribution in [3.05, 3.63) is 62.6 Å². The monoisotopic (exact) mass is 549 g/mol. The smallest absolute Gasteiger partial charge is 0.372 e. The van der Waals surface area contributed by atoms with Crippen LogP contribution in [0, 0.1) is 17.2 Å². The zero-order valence-electron chi connectivity index (χ0n) is 19.7. The van der Waals surface area contributed by atoms with Gasteiger partial charge in [0, 0.05) is 45.8 Å². The van der Waals surface area contributed by atoms with Crippen molar-refractivity contribution in [2.24, 2.45) is 5.92 Å². The number of hydrogen-bond donors (Lipinski definition) is 1. The van der Waals surface area contributed by atoms with Gasteiger partial charge in [0.2, 0.25) is 0 Å². The van der Waals surface area contributed by atoms with Crippen LogP contribution in [0.15, 0.2) is 30.3 Å². The summed E-state index contributed by atoms with van der Waals surface area (Å²) in [6.07, 6.45) is 1.61. The van der Waals surface area contributed by atoms with Gasteiger partial charge in [-0.05, 0) is 68.7 Å². The number of rotatable bonds is 6. The largest absolute Gasteiger partial charge is 0.416 e. The van der Waals surface area contributed by atoms with Gasteiger partial charge in [-0.2, -0.15) is 18.4 Å². The van der Waals surface area contributed by atoms with Crippen molar-refractivity contribution in [1.29, 1.82) is 5.26 Å². The van der Waals surface area contributed by atoms with Gasteiger partial charge < -0.3 is 10.0 Å². The molecule has 0 aromatic heterocycles. The quantitative estimate of drug-likeness (QED) is 0.489. The third kappa shape index (κ3) is 4.11. The third-order valence-corrected chi connectivity index (χ3v) is 8.64. The highest BCUT2D eigenvalue weighted by atomic mass is 35.5. The molecule has 1 atom stereocenters. The SMILES string of the molecule is N#Cc1cc2c(c(C(F)(F)F)c1)C(O)(c1ccc(Cl)cc1Cl)C(=O)N2C[C@H]1C[C@H](N(C2CC2)C2CC2)C1. The molecule has 6 rings (SSSR count). The molecule has 2 aromatic rings. The fourth-order valence-electron chi connectivity index (χ4n) is 6.12. The van der Waals surface area contributed by atoms with E-state index in [1.165, 1.54) is 54.8 Å². The number of halogens is 5. The first-order valence-corrected chi connectivity index (χ1v) is 13.2. The molecule has 3 aliphatic carbocycles. The van der Waals surface area contributed by atoms with E-state index in [0.29, 0.717) is 24.2 Å². The summed E-state index contributed by atoms with van der Waals surface area (Å²) in [4.78, 5) is 17.7. The van der Waals surface area contributed by atoms with Crippen LogP contribution in [0.5, 0.6) is 0 Å². The van der Waals surface area contributed by atoms with Crippen LogP contribution in [0.1, 0.15) is 60.8 Å². The maximum Gasteiger partial charge on any atom is 0.416 e. The molecule has 1 heterocycles. The molecule has 0 bridgehead atoms. The first kappa shape index (κ1) is 25.0. The standard InChI is InChI=1S/C27H24Cl2F3N3O2/c28-16-1-6-20(22(29)11-16)26(37)24-21(27(30,31)32)9-14(12-33)10-23(24)34(25(26)36)13-15-7-19(8-15)35(17-2-3-17)18-4-5-18/h1,6,9-11,15,17-19,37H,2-5,7-8,13H2/t15-,19-,26?. The average molecular weight is 550 g/mol. The highest BCUT2D eigenvalue weighted by Crippen LogP contribution is 2.53. The summed E-state index contributed by atoms with van der Waals surface area (Å²) in [5, 5.41) is 21.4. The second-order valence-electron chi connectivity index (χ2n) is 10.7. The Morgan fingerprint density at radius 2 is 1.73 bits per heavy atom. The Kier molecular flexibility index (Phi) is 5.81. The minimum absolute atomic E-state index is 0.0740. The summed E-state index contributed by atoms with van der Waals surface area (Å²) in [7, 11) is 0. The number of aliphatic hydroxyl groups is 1. The lowest BCUT2D eigenvalue weighted by Gasteiger charge is -2.45. The van der Waals surface area contributed by atoms with E-state index < -0.39 is 28.8 Å². The van der Waals surface area contributed by atoms with Crippen molar-refractivity contribution < 1.29 is 23.1 Å². The highest BCUT2D eigenvalue weighted by molar-refractivity contribution is 6.35. The van der Waals surface area contributed by atoms with Crippen LogP contribution in [-0.4, -0.2) is 40.6 Å². The van der Waals surface area contributed by atoms with E-state index in [1.54, 1.807) is 6.07 Å². The lowest BCUT2D eigenvalue weighted by molar-refractivity contribution is -0.142. The second-order valence-corrected chi connectivity index (χ2v) is 11.5. The van der Waals surface area contributed by atoms with Crippen LogP contribution in [0.3, 0.4) is 0 Å². The molecule has 3 fully saturated rings. The zero-order valence-corrected chi connectivity index (χ0v) is 21.2. The molecule has 1 unspecified atom stereocenters. The molecule has 1 N–H and O–H groups in total. The Balaban J connectivity index is 1.39. The van der Waals surface area contributed by atoms with Crippen molar-refractivity contribution in [2.45, 2.75) is 68.4 Å². The molecule has 1 amide bonds. The average Bonchev–Trinajstić information content (AvgIpc) is 3.73. The van der Waals surface area contributed by atoms with Crippen molar-refractivity contribution in [3.8, 4) is 6.07 Å². The predicted octanol–water partition coefficient (Wildman–Crippen LogP) is 5.87. The molecule has 3 saturated carbocycles. The summed E-state index contributed by atoms with van der Waals surface area (Å²) in [6.45, 7) is 0.158. The number of nitrogens with zero attached hydrogens (tertiary/aromatic N) is 3. The van der Waals surface area contributed by atoms with E-state index in [0.717, 1.165) is 12.8 Å². The van der Waals surface area contributed by atoms with Gasteiger partial charge in [-0.1, -0.05) is 29.3 Å². The molecule has 10 heteroatoms. The number of fused-ring (bicyclic) bond motifs is 1.